The summed E-state index contributed by atoms with van der Waals surface area (Å²) in [6.07, 6.45) is 7.42. The number of aromatic amines is 1. The molecule has 16 heavy (non-hydrogen) atoms. The van der Waals surface area contributed by atoms with Gasteiger partial charge >= 0.3 is 0 Å². The largest absolute Gasteiger partial charge is 0.295 e. The van der Waals surface area contributed by atoms with Gasteiger partial charge in [-0.1, -0.05) is 12.5 Å². The zero-order valence-corrected chi connectivity index (χ0v) is 9.36. The number of carbonyl (C=O) groups is 1. The number of fused-ring (bicyclic) bond motifs is 1. The highest BCUT2D eigenvalue weighted by atomic mass is 16.1. The molecular weight excluding hydrogens is 202 g/mol. The van der Waals surface area contributed by atoms with E-state index in [1.54, 1.807) is 0 Å². The molecule has 2 aliphatic carbocycles. The van der Waals surface area contributed by atoms with Crippen molar-refractivity contribution < 1.29 is 4.79 Å². The Hall–Kier alpha value is -1.45. The van der Waals surface area contributed by atoms with Gasteiger partial charge in [0.2, 0.25) is 0 Å². The maximum absolute atomic E-state index is 11.4. The average Bonchev–Trinajstić information content (AvgIpc) is 2.85. The van der Waals surface area contributed by atoms with Gasteiger partial charge in [0.15, 0.2) is 5.78 Å². The quantitative estimate of drug-likeness (QED) is 0.782. The summed E-state index contributed by atoms with van der Waals surface area (Å²) < 4.78 is 0. The summed E-state index contributed by atoms with van der Waals surface area (Å²) in [4.78, 5) is 11.4. The number of hydrogen-bond donors (Lipinski definition) is 1. The van der Waals surface area contributed by atoms with Gasteiger partial charge in [0.1, 0.15) is 0 Å². The van der Waals surface area contributed by atoms with Crippen LogP contribution in [-0.2, 0) is 4.79 Å². The van der Waals surface area contributed by atoms with E-state index in [1.165, 1.54) is 5.57 Å². The van der Waals surface area contributed by atoms with E-state index >= 15 is 0 Å². The zero-order valence-electron chi connectivity index (χ0n) is 9.36. The minimum Gasteiger partial charge on any atom is -0.295 e. The molecule has 1 aromatic heterocycles. The molecule has 0 unspecified atom stereocenters. The van der Waals surface area contributed by atoms with Gasteiger partial charge in [-0.2, -0.15) is 15.4 Å². The second-order valence-corrected chi connectivity index (χ2v) is 5.04. The molecule has 0 aliphatic heterocycles. The minimum atomic E-state index is 0.130. The molecule has 2 atom stereocenters. The topological polar surface area (TPSA) is 58.6 Å². The van der Waals surface area contributed by atoms with E-state index in [-0.39, 0.29) is 11.2 Å². The highest BCUT2D eigenvalue weighted by Gasteiger charge is 2.46. The minimum absolute atomic E-state index is 0.130. The van der Waals surface area contributed by atoms with Crippen molar-refractivity contribution in [2.75, 3.05) is 0 Å². The SMILES string of the molecule is C[C@]12CCC(=O)C=C1CC[C@@H]2c1cn[nH]n1. The van der Waals surface area contributed by atoms with Crippen molar-refractivity contribution in [3.8, 4) is 0 Å². The third kappa shape index (κ3) is 1.25. The lowest BCUT2D eigenvalue weighted by Crippen LogP contribution is -2.26. The van der Waals surface area contributed by atoms with Crippen molar-refractivity contribution >= 4 is 5.78 Å². The van der Waals surface area contributed by atoms with Crippen molar-refractivity contribution in [2.45, 2.75) is 38.5 Å². The van der Waals surface area contributed by atoms with Crippen LogP contribution in [0.15, 0.2) is 17.8 Å². The molecule has 1 saturated carbocycles. The standard InChI is InChI=1S/C12H15N3O/c1-12-5-4-9(16)6-8(12)2-3-10(12)11-7-13-15-14-11/h6-7,10H,2-5H2,1H3,(H,13,14,15)/t10-,12+/m1/s1. The predicted molar refractivity (Wildman–Crippen MR) is 58.8 cm³/mol. The maximum Gasteiger partial charge on any atom is 0.155 e. The van der Waals surface area contributed by atoms with E-state index < -0.39 is 0 Å². The molecule has 2 aliphatic rings. The van der Waals surface area contributed by atoms with Gasteiger partial charge in [-0.05, 0) is 30.8 Å². The van der Waals surface area contributed by atoms with Crippen molar-refractivity contribution in [2.24, 2.45) is 5.41 Å². The van der Waals surface area contributed by atoms with Crippen LogP contribution in [0.1, 0.15) is 44.2 Å². The number of rotatable bonds is 1. The Morgan fingerprint density at radius 2 is 2.38 bits per heavy atom. The molecule has 0 saturated heterocycles. The number of nitrogens with zero attached hydrogens (tertiary/aromatic N) is 2. The van der Waals surface area contributed by atoms with Crippen LogP contribution in [-0.4, -0.2) is 21.2 Å². The van der Waals surface area contributed by atoms with E-state index in [0.717, 1.165) is 25.0 Å². The van der Waals surface area contributed by atoms with Crippen LogP contribution in [0.5, 0.6) is 0 Å². The molecule has 84 valence electrons. The van der Waals surface area contributed by atoms with Crippen molar-refractivity contribution in [1.29, 1.82) is 0 Å². The normalized spacial score (nSPS) is 33.7. The van der Waals surface area contributed by atoms with Crippen molar-refractivity contribution in [3.63, 3.8) is 0 Å². The predicted octanol–water partition coefficient (Wildman–Crippen LogP) is 1.98. The second-order valence-electron chi connectivity index (χ2n) is 5.04. The molecular formula is C12H15N3O. The molecule has 0 bridgehead atoms. The molecule has 3 rings (SSSR count). The van der Waals surface area contributed by atoms with Gasteiger partial charge < -0.3 is 0 Å². The second kappa shape index (κ2) is 3.27. The zero-order chi connectivity index (χ0) is 11.2. The molecule has 1 heterocycles. The molecule has 1 N–H and O–H groups in total. The van der Waals surface area contributed by atoms with Crippen molar-refractivity contribution in [1.82, 2.24) is 15.4 Å². The van der Waals surface area contributed by atoms with Crippen LogP contribution in [0, 0.1) is 5.41 Å². The van der Waals surface area contributed by atoms with Gasteiger partial charge in [-0.25, -0.2) is 0 Å². The molecule has 0 amide bonds. The Kier molecular flexibility index (Phi) is 1.99. The average molecular weight is 217 g/mol. The number of nitrogens with one attached hydrogen (secondary N) is 1. The van der Waals surface area contributed by atoms with Crippen LogP contribution in [0.4, 0.5) is 0 Å². The number of ketones is 1. The lowest BCUT2D eigenvalue weighted by Gasteiger charge is -2.34. The first-order chi connectivity index (χ1) is 7.70. The Morgan fingerprint density at radius 1 is 1.50 bits per heavy atom. The fourth-order valence-corrected chi connectivity index (χ4v) is 3.20. The highest BCUT2D eigenvalue weighted by Crippen LogP contribution is 2.56. The first-order valence-electron chi connectivity index (χ1n) is 5.80. The number of carbonyl (C=O) groups excluding carboxylic acids is 1. The first kappa shape index (κ1) is 9.75. The molecule has 0 spiro atoms. The van der Waals surface area contributed by atoms with E-state index in [9.17, 15) is 4.79 Å². The number of aromatic nitrogens is 3. The van der Waals surface area contributed by atoms with Gasteiger partial charge in [0.05, 0.1) is 11.9 Å². The lowest BCUT2D eigenvalue weighted by molar-refractivity contribution is -0.115. The molecule has 4 heteroatoms. The number of allylic oxidation sites excluding steroid dienone is 2. The van der Waals surface area contributed by atoms with Crippen LogP contribution < -0.4 is 0 Å². The molecule has 4 nitrogen and oxygen atoms in total. The summed E-state index contributed by atoms with van der Waals surface area (Å²) >= 11 is 0. The summed E-state index contributed by atoms with van der Waals surface area (Å²) in [5, 5.41) is 10.8. The van der Waals surface area contributed by atoms with Gasteiger partial charge in [0, 0.05) is 12.3 Å². The smallest absolute Gasteiger partial charge is 0.155 e. The number of hydrogen-bond acceptors (Lipinski definition) is 3. The molecule has 1 fully saturated rings. The highest BCUT2D eigenvalue weighted by molar-refractivity contribution is 5.91. The summed E-state index contributed by atoms with van der Waals surface area (Å²) in [6, 6.07) is 0. The first-order valence-corrected chi connectivity index (χ1v) is 5.80. The van der Waals surface area contributed by atoms with Gasteiger partial charge in [0.25, 0.3) is 0 Å². The van der Waals surface area contributed by atoms with Gasteiger partial charge in [-0.15, -0.1) is 0 Å². The Labute approximate surface area is 94.1 Å². The summed E-state index contributed by atoms with van der Waals surface area (Å²) in [7, 11) is 0. The fraction of sp³-hybridized carbons (Fsp3) is 0.583. The van der Waals surface area contributed by atoms with Crippen LogP contribution >= 0.6 is 0 Å². The van der Waals surface area contributed by atoms with E-state index in [2.05, 4.69) is 22.3 Å². The van der Waals surface area contributed by atoms with Crippen molar-refractivity contribution in [3.05, 3.63) is 23.5 Å². The Morgan fingerprint density at radius 3 is 3.12 bits per heavy atom. The summed E-state index contributed by atoms with van der Waals surface area (Å²) in [5.41, 5.74) is 2.49. The third-order valence-electron chi connectivity index (χ3n) is 4.22. The van der Waals surface area contributed by atoms with Crippen LogP contribution in [0.25, 0.3) is 0 Å². The summed E-state index contributed by atoms with van der Waals surface area (Å²) in [5.74, 6) is 0.707. The van der Waals surface area contributed by atoms with E-state index in [4.69, 9.17) is 0 Å². The van der Waals surface area contributed by atoms with E-state index in [0.29, 0.717) is 12.3 Å². The number of H-pyrrole nitrogens is 1. The Balaban J connectivity index is 2.00. The van der Waals surface area contributed by atoms with Gasteiger partial charge in [-0.3, -0.25) is 4.79 Å². The fourth-order valence-electron chi connectivity index (χ4n) is 3.20. The third-order valence-corrected chi connectivity index (χ3v) is 4.22. The van der Waals surface area contributed by atoms with Crippen LogP contribution in [0.3, 0.4) is 0 Å². The molecule has 0 radical (unpaired) electrons. The molecule has 1 aromatic rings. The summed E-state index contributed by atoms with van der Waals surface area (Å²) in [6.45, 7) is 2.26. The lowest BCUT2D eigenvalue weighted by atomic mass is 9.69. The monoisotopic (exact) mass is 217 g/mol. The van der Waals surface area contributed by atoms with Crippen LogP contribution in [0.2, 0.25) is 0 Å². The Bertz CT molecular complexity index is 449. The maximum atomic E-state index is 11.4. The molecule has 0 aromatic carbocycles. The van der Waals surface area contributed by atoms with E-state index in [1.807, 2.05) is 12.3 Å².